The van der Waals surface area contributed by atoms with E-state index in [1.165, 1.54) is 29.8 Å². The average Bonchev–Trinajstić information content (AvgIpc) is 3.47. The van der Waals surface area contributed by atoms with Crippen molar-refractivity contribution in [3.05, 3.63) is 87.7 Å². The molecular weight excluding hydrogens is 625 g/mol. The van der Waals surface area contributed by atoms with Gasteiger partial charge in [0.05, 0.1) is 29.1 Å². The summed E-state index contributed by atoms with van der Waals surface area (Å²) >= 11 is 7.99. The molecule has 0 saturated carbocycles. The summed E-state index contributed by atoms with van der Waals surface area (Å²) in [6.07, 6.45) is 2.08. The van der Waals surface area contributed by atoms with Gasteiger partial charge in [-0.05, 0) is 48.4 Å². The fourth-order valence-electron chi connectivity index (χ4n) is 4.52. The minimum Gasteiger partial charge on any atom is -0.496 e. The summed E-state index contributed by atoms with van der Waals surface area (Å²) in [6, 6.07) is 15.3. The highest BCUT2D eigenvalue weighted by atomic mass is 35.5. The summed E-state index contributed by atoms with van der Waals surface area (Å²) in [5.74, 6) is 1.62. The van der Waals surface area contributed by atoms with Gasteiger partial charge < -0.3 is 20.1 Å². The zero-order valence-corrected chi connectivity index (χ0v) is 26.5. The molecule has 0 spiro atoms. The topological polar surface area (TPSA) is 115 Å². The number of hydrogen-bond donors (Lipinski definition) is 2. The monoisotopic (exact) mass is 655 g/mol. The molecule has 9 nitrogen and oxygen atoms in total. The van der Waals surface area contributed by atoms with E-state index in [4.69, 9.17) is 26.1 Å². The molecule has 0 aliphatic rings. The molecule has 5 aromatic rings. The van der Waals surface area contributed by atoms with Gasteiger partial charge in [0.1, 0.15) is 41.1 Å². The Kier molecular flexibility index (Phi) is 10.3. The Morgan fingerprint density at radius 3 is 2.68 bits per heavy atom. The molecule has 0 amide bonds. The predicted octanol–water partition coefficient (Wildman–Crippen LogP) is 6.79. The highest BCUT2D eigenvalue weighted by Gasteiger charge is 2.16. The van der Waals surface area contributed by atoms with Crippen LogP contribution in [0, 0.1) is 5.82 Å². The number of hydrogen-bond acceptors (Lipinski definition) is 10. The van der Waals surface area contributed by atoms with Crippen molar-refractivity contribution in [2.45, 2.75) is 26.5 Å². The number of nitrogens with one attached hydrogen (secondary N) is 2. The number of sulfone groups is 1. The molecule has 0 fully saturated rings. The van der Waals surface area contributed by atoms with Gasteiger partial charge in [-0.3, -0.25) is 0 Å². The number of benzene rings is 3. The molecule has 2 N–H and O–H groups in total. The average molecular weight is 656 g/mol. The van der Waals surface area contributed by atoms with Crippen LogP contribution in [0.5, 0.6) is 11.5 Å². The van der Waals surface area contributed by atoms with Crippen molar-refractivity contribution in [2.75, 3.05) is 30.5 Å². The maximum Gasteiger partial charge on any atom is 0.151 e. The number of nitrogens with zero attached hydrogens (tertiary/aromatic N) is 3. The Labute approximate surface area is 264 Å². The van der Waals surface area contributed by atoms with Crippen LogP contribution >= 0.6 is 22.9 Å². The van der Waals surface area contributed by atoms with Crippen molar-refractivity contribution in [1.29, 1.82) is 0 Å². The fourth-order valence-corrected chi connectivity index (χ4v) is 6.80. The molecule has 0 unspecified atom stereocenters. The maximum absolute atomic E-state index is 13.5. The molecule has 5 rings (SSSR count). The van der Waals surface area contributed by atoms with Crippen LogP contribution in [0.1, 0.15) is 23.9 Å². The van der Waals surface area contributed by atoms with E-state index in [0.29, 0.717) is 58.6 Å². The maximum atomic E-state index is 13.5. The number of aromatic nitrogens is 3. The number of halogens is 2. The van der Waals surface area contributed by atoms with Crippen LogP contribution in [0.25, 0.3) is 22.2 Å². The SMILES string of the molecule is CCCS(=O)(=O)CCNCc1nc(-c2cc3c(Nc4ccc(OCc5cccc(F)c5)c(Cl)c4)ncnc3cc2OC)cs1. The quantitative estimate of drug-likeness (QED) is 0.125. The number of ether oxygens (including phenoxy) is 2. The number of thiazole rings is 1. The van der Waals surface area contributed by atoms with Gasteiger partial charge in [-0.15, -0.1) is 11.3 Å². The van der Waals surface area contributed by atoms with Crippen molar-refractivity contribution < 1.29 is 22.3 Å². The minimum absolute atomic E-state index is 0.100. The molecule has 230 valence electrons. The van der Waals surface area contributed by atoms with Gasteiger partial charge in [0, 0.05) is 46.9 Å². The Morgan fingerprint density at radius 2 is 1.91 bits per heavy atom. The number of methoxy groups -OCH3 is 1. The van der Waals surface area contributed by atoms with E-state index in [-0.39, 0.29) is 23.9 Å². The van der Waals surface area contributed by atoms with Crippen LogP contribution in [-0.4, -0.2) is 48.5 Å². The second-order valence-electron chi connectivity index (χ2n) is 9.94. The third kappa shape index (κ3) is 8.00. The molecule has 0 atom stereocenters. The fraction of sp³-hybridized carbons (Fsp3) is 0.258. The summed E-state index contributed by atoms with van der Waals surface area (Å²) in [4.78, 5) is 13.7. The van der Waals surface area contributed by atoms with E-state index in [2.05, 4.69) is 20.6 Å². The van der Waals surface area contributed by atoms with Crippen LogP contribution < -0.4 is 20.1 Å². The molecular formula is C31H31ClFN5O4S2. The van der Waals surface area contributed by atoms with Gasteiger partial charge >= 0.3 is 0 Å². The smallest absolute Gasteiger partial charge is 0.151 e. The van der Waals surface area contributed by atoms with Gasteiger partial charge in [-0.1, -0.05) is 30.7 Å². The van der Waals surface area contributed by atoms with Gasteiger partial charge in [-0.25, -0.2) is 27.8 Å². The van der Waals surface area contributed by atoms with Crippen molar-refractivity contribution in [3.8, 4) is 22.8 Å². The van der Waals surface area contributed by atoms with E-state index in [9.17, 15) is 12.8 Å². The van der Waals surface area contributed by atoms with Crippen LogP contribution in [0.15, 0.2) is 66.3 Å². The molecule has 0 radical (unpaired) electrons. The molecule has 2 heterocycles. The zero-order chi connectivity index (χ0) is 31.1. The first-order valence-electron chi connectivity index (χ1n) is 13.9. The largest absolute Gasteiger partial charge is 0.496 e. The van der Waals surface area contributed by atoms with Crippen LogP contribution in [0.2, 0.25) is 5.02 Å². The summed E-state index contributed by atoms with van der Waals surface area (Å²) < 4.78 is 48.9. The zero-order valence-electron chi connectivity index (χ0n) is 24.1. The van der Waals surface area contributed by atoms with E-state index < -0.39 is 9.84 Å². The van der Waals surface area contributed by atoms with E-state index in [1.807, 2.05) is 30.5 Å². The lowest BCUT2D eigenvalue weighted by Crippen LogP contribution is -2.24. The Morgan fingerprint density at radius 1 is 1.05 bits per heavy atom. The van der Waals surface area contributed by atoms with Crippen molar-refractivity contribution >= 4 is 55.2 Å². The third-order valence-electron chi connectivity index (χ3n) is 6.64. The highest BCUT2D eigenvalue weighted by Crippen LogP contribution is 2.37. The third-order valence-corrected chi connectivity index (χ3v) is 9.64. The number of rotatable bonds is 14. The Bertz CT molecular complexity index is 1870. The predicted molar refractivity (Wildman–Crippen MR) is 173 cm³/mol. The second kappa shape index (κ2) is 14.3. The summed E-state index contributed by atoms with van der Waals surface area (Å²) in [6.45, 7) is 2.87. The Hall–Kier alpha value is -3.84. The first kappa shape index (κ1) is 31.6. The molecule has 13 heteroatoms. The lowest BCUT2D eigenvalue weighted by molar-refractivity contribution is 0.306. The van der Waals surface area contributed by atoms with E-state index >= 15 is 0 Å². The summed E-state index contributed by atoms with van der Waals surface area (Å²) in [5, 5.41) is 10.4. The number of anilines is 2. The summed E-state index contributed by atoms with van der Waals surface area (Å²) in [5.41, 5.74) is 3.55. The summed E-state index contributed by atoms with van der Waals surface area (Å²) in [7, 11) is -1.44. The minimum atomic E-state index is -3.04. The second-order valence-corrected chi connectivity index (χ2v) is 13.6. The highest BCUT2D eigenvalue weighted by molar-refractivity contribution is 7.91. The van der Waals surface area contributed by atoms with Crippen LogP contribution in [0.4, 0.5) is 15.9 Å². The normalized spacial score (nSPS) is 11.5. The molecule has 44 heavy (non-hydrogen) atoms. The van der Waals surface area contributed by atoms with Crippen molar-refractivity contribution in [1.82, 2.24) is 20.3 Å². The molecule has 0 bridgehead atoms. The standard InChI is InChI=1S/C31H31ClFN5O4S2/c1-3-10-44(39,40)11-9-34-16-30-38-27(18-43-30)23-14-24-26(15-29(23)41-2)35-19-36-31(24)37-22-7-8-28(25(32)13-22)42-17-20-5-4-6-21(33)12-20/h4-8,12-15,18-19,34H,3,9-11,16-17H2,1-2H3,(H,35,36,37). The van der Waals surface area contributed by atoms with Crippen molar-refractivity contribution in [3.63, 3.8) is 0 Å². The molecule has 0 saturated heterocycles. The first-order chi connectivity index (χ1) is 21.2. The van der Waals surface area contributed by atoms with Gasteiger partial charge in [-0.2, -0.15) is 0 Å². The molecule has 0 aliphatic carbocycles. The molecule has 2 aromatic heterocycles. The van der Waals surface area contributed by atoms with Crippen molar-refractivity contribution in [2.24, 2.45) is 0 Å². The lowest BCUT2D eigenvalue weighted by Gasteiger charge is -2.13. The van der Waals surface area contributed by atoms with Gasteiger partial charge in [0.25, 0.3) is 0 Å². The van der Waals surface area contributed by atoms with Crippen LogP contribution in [0.3, 0.4) is 0 Å². The first-order valence-corrected chi connectivity index (χ1v) is 16.9. The Balaban J connectivity index is 1.32. The molecule has 0 aliphatic heterocycles. The van der Waals surface area contributed by atoms with Gasteiger partial charge in [0.15, 0.2) is 9.84 Å². The van der Waals surface area contributed by atoms with Crippen LogP contribution in [-0.2, 0) is 23.0 Å². The van der Waals surface area contributed by atoms with E-state index in [1.54, 1.807) is 31.4 Å². The molecule has 3 aromatic carbocycles. The lowest BCUT2D eigenvalue weighted by atomic mass is 10.1. The number of fused-ring (bicyclic) bond motifs is 1. The van der Waals surface area contributed by atoms with Gasteiger partial charge in [0.2, 0.25) is 0 Å². The van der Waals surface area contributed by atoms with E-state index in [0.717, 1.165) is 21.7 Å².